The van der Waals surface area contributed by atoms with Crippen molar-refractivity contribution in [2.45, 2.75) is 37.9 Å². The van der Waals surface area contributed by atoms with Gasteiger partial charge in [-0.15, -0.1) is 0 Å². The van der Waals surface area contributed by atoms with Crippen molar-refractivity contribution < 1.29 is 19.3 Å². The number of halogens is 1. The van der Waals surface area contributed by atoms with Gasteiger partial charge in [0.15, 0.2) is 11.5 Å². The van der Waals surface area contributed by atoms with Crippen molar-refractivity contribution in [2.75, 3.05) is 20.8 Å². The number of aliphatic hydroxyl groups excluding tert-OH is 1. The molecule has 0 aliphatic carbocycles. The van der Waals surface area contributed by atoms with Crippen molar-refractivity contribution in [2.24, 2.45) is 0 Å². The third-order valence-electron chi connectivity index (χ3n) is 3.65. The van der Waals surface area contributed by atoms with Gasteiger partial charge in [-0.2, -0.15) is 0 Å². The summed E-state index contributed by atoms with van der Waals surface area (Å²) in [7, 11) is 3.19. The molecule has 1 N–H and O–H groups in total. The maximum Gasteiger partial charge on any atom is 0.161 e. The highest BCUT2D eigenvalue weighted by atomic mass is 79.9. The molecule has 0 radical (unpaired) electrons. The average molecular weight is 345 g/mol. The molecule has 20 heavy (non-hydrogen) atoms. The first-order valence-electron chi connectivity index (χ1n) is 6.86. The van der Waals surface area contributed by atoms with E-state index in [2.05, 4.69) is 15.9 Å². The molecule has 112 valence electrons. The van der Waals surface area contributed by atoms with E-state index in [1.807, 2.05) is 12.1 Å². The Morgan fingerprint density at radius 1 is 1.35 bits per heavy atom. The molecule has 0 amide bonds. The zero-order chi connectivity index (χ0) is 14.5. The minimum atomic E-state index is -0.534. The number of hydrogen-bond donors (Lipinski definition) is 1. The minimum Gasteiger partial charge on any atom is -0.493 e. The molecule has 0 aromatic heterocycles. The lowest BCUT2D eigenvalue weighted by Crippen LogP contribution is -2.08. The Labute approximate surface area is 128 Å². The fourth-order valence-electron chi connectivity index (χ4n) is 2.50. The van der Waals surface area contributed by atoms with Crippen molar-refractivity contribution in [3.8, 4) is 11.5 Å². The summed E-state index contributed by atoms with van der Waals surface area (Å²) in [6.45, 7) is 0.848. The summed E-state index contributed by atoms with van der Waals surface area (Å²) in [6.07, 6.45) is 3.54. The average Bonchev–Trinajstić information content (AvgIpc) is 2.97. The zero-order valence-corrected chi connectivity index (χ0v) is 13.5. The van der Waals surface area contributed by atoms with Crippen LogP contribution in [0.3, 0.4) is 0 Å². The van der Waals surface area contributed by atoms with Crippen LogP contribution in [-0.4, -0.2) is 32.0 Å². The zero-order valence-electron chi connectivity index (χ0n) is 11.9. The Morgan fingerprint density at radius 2 is 2.05 bits per heavy atom. The molecule has 1 fully saturated rings. The van der Waals surface area contributed by atoms with Gasteiger partial charge in [-0.1, -0.05) is 15.9 Å². The van der Waals surface area contributed by atoms with Gasteiger partial charge in [0.2, 0.25) is 0 Å². The van der Waals surface area contributed by atoms with E-state index in [9.17, 15) is 5.11 Å². The van der Waals surface area contributed by atoms with Gasteiger partial charge in [-0.25, -0.2) is 0 Å². The normalized spacial score (nSPS) is 19.9. The molecule has 0 bridgehead atoms. The molecule has 1 aliphatic rings. The van der Waals surface area contributed by atoms with Crippen molar-refractivity contribution in [3.63, 3.8) is 0 Å². The van der Waals surface area contributed by atoms with Crippen LogP contribution in [0.2, 0.25) is 0 Å². The molecule has 0 saturated carbocycles. The Balaban J connectivity index is 2.06. The van der Waals surface area contributed by atoms with E-state index < -0.39 is 6.10 Å². The second-order valence-corrected chi connectivity index (χ2v) is 5.81. The second-order valence-electron chi connectivity index (χ2n) is 4.96. The number of ether oxygens (including phenoxy) is 3. The Kier molecular flexibility index (Phi) is 5.69. The van der Waals surface area contributed by atoms with Crippen molar-refractivity contribution in [1.29, 1.82) is 0 Å². The van der Waals surface area contributed by atoms with Gasteiger partial charge in [-0.05, 0) is 43.4 Å². The van der Waals surface area contributed by atoms with Crippen LogP contribution in [0.1, 0.15) is 37.4 Å². The maximum absolute atomic E-state index is 10.4. The minimum absolute atomic E-state index is 0.295. The summed E-state index contributed by atoms with van der Waals surface area (Å²) in [5, 5.41) is 10.4. The first kappa shape index (κ1) is 15.6. The van der Waals surface area contributed by atoms with Crippen LogP contribution in [-0.2, 0) is 4.74 Å². The van der Waals surface area contributed by atoms with E-state index in [0.717, 1.165) is 35.9 Å². The summed E-state index contributed by atoms with van der Waals surface area (Å²) in [4.78, 5) is 0. The van der Waals surface area contributed by atoms with E-state index >= 15 is 0 Å². The fourth-order valence-corrected chi connectivity index (χ4v) is 3.08. The number of hydrogen-bond acceptors (Lipinski definition) is 4. The predicted molar refractivity (Wildman–Crippen MR) is 80.4 cm³/mol. The standard InChI is InChI=1S/C15H21BrO4/c1-18-14-8-11(12(16)9-15(14)19-2)13(17)6-5-10-4-3-7-20-10/h8-10,13,17H,3-7H2,1-2H3. The number of rotatable bonds is 6. The van der Waals surface area contributed by atoms with E-state index in [1.54, 1.807) is 14.2 Å². The van der Waals surface area contributed by atoms with Gasteiger partial charge in [0.05, 0.1) is 26.4 Å². The summed E-state index contributed by atoms with van der Waals surface area (Å²) in [5.41, 5.74) is 0.820. The van der Waals surface area contributed by atoms with E-state index in [1.165, 1.54) is 0 Å². The van der Waals surface area contributed by atoms with Gasteiger partial charge >= 0.3 is 0 Å². The Bertz CT molecular complexity index is 444. The SMILES string of the molecule is COc1cc(Br)c(C(O)CCC2CCCO2)cc1OC. The second kappa shape index (κ2) is 7.29. The summed E-state index contributed by atoms with van der Waals surface area (Å²) >= 11 is 3.48. The molecular weight excluding hydrogens is 324 g/mol. The van der Waals surface area contributed by atoms with Gasteiger partial charge in [0.25, 0.3) is 0 Å². The lowest BCUT2D eigenvalue weighted by Gasteiger charge is -2.17. The third kappa shape index (κ3) is 3.65. The molecule has 0 spiro atoms. The van der Waals surface area contributed by atoms with Gasteiger partial charge in [-0.3, -0.25) is 0 Å². The molecule has 4 nitrogen and oxygen atoms in total. The van der Waals surface area contributed by atoms with Crippen LogP contribution in [0.25, 0.3) is 0 Å². The number of methoxy groups -OCH3 is 2. The highest BCUT2D eigenvalue weighted by molar-refractivity contribution is 9.10. The van der Waals surface area contributed by atoms with Gasteiger partial charge in [0, 0.05) is 11.1 Å². The molecule has 5 heteroatoms. The van der Waals surface area contributed by atoms with Crippen LogP contribution in [0, 0.1) is 0 Å². The fraction of sp³-hybridized carbons (Fsp3) is 0.600. The summed E-state index contributed by atoms with van der Waals surface area (Å²) < 4.78 is 16.9. The van der Waals surface area contributed by atoms with Crippen LogP contribution >= 0.6 is 15.9 Å². The van der Waals surface area contributed by atoms with Crippen molar-refractivity contribution >= 4 is 15.9 Å². The van der Waals surface area contributed by atoms with E-state index in [0.29, 0.717) is 24.0 Å². The predicted octanol–water partition coefficient (Wildman–Crippen LogP) is 3.46. The molecule has 2 unspecified atom stereocenters. The highest BCUT2D eigenvalue weighted by Crippen LogP contribution is 2.37. The van der Waals surface area contributed by atoms with Crippen LogP contribution in [0.15, 0.2) is 16.6 Å². The molecule has 1 aliphatic heterocycles. The lowest BCUT2D eigenvalue weighted by atomic mass is 10.0. The summed E-state index contributed by atoms with van der Waals surface area (Å²) in [6, 6.07) is 3.65. The van der Waals surface area contributed by atoms with Crippen LogP contribution in [0.5, 0.6) is 11.5 Å². The summed E-state index contributed by atoms with van der Waals surface area (Å²) in [5.74, 6) is 1.27. The first-order valence-corrected chi connectivity index (χ1v) is 7.66. The van der Waals surface area contributed by atoms with Crippen LogP contribution in [0.4, 0.5) is 0 Å². The van der Waals surface area contributed by atoms with Crippen molar-refractivity contribution in [3.05, 3.63) is 22.2 Å². The van der Waals surface area contributed by atoms with Gasteiger partial charge in [0.1, 0.15) is 0 Å². The van der Waals surface area contributed by atoms with Crippen molar-refractivity contribution in [1.82, 2.24) is 0 Å². The largest absolute Gasteiger partial charge is 0.493 e. The Hall–Kier alpha value is -0.780. The maximum atomic E-state index is 10.4. The highest BCUT2D eigenvalue weighted by Gasteiger charge is 2.20. The number of benzene rings is 1. The van der Waals surface area contributed by atoms with E-state index in [-0.39, 0.29) is 0 Å². The molecule has 2 atom stereocenters. The van der Waals surface area contributed by atoms with Crippen LogP contribution < -0.4 is 9.47 Å². The van der Waals surface area contributed by atoms with Gasteiger partial charge < -0.3 is 19.3 Å². The topological polar surface area (TPSA) is 47.9 Å². The van der Waals surface area contributed by atoms with E-state index in [4.69, 9.17) is 14.2 Å². The number of aliphatic hydroxyl groups is 1. The first-order chi connectivity index (χ1) is 9.65. The quantitative estimate of drug-likeness (QED) is 0.858. The third-order valence-corrected chi connectivity index (χ3v) is 4.33. The smallest absolute Gasteiger partial charge is 0.161 e. The molecule has 2 rings (SSSR count). The Morgan fingerprint density at radius 3 is 2.65 bits per heavy atom. The molecule has 1 aromatic rings. The molecule has 1 aromatic carbocycles. The lowest BCUT2D eigenvalue weighted by molar-refractivity contribution is 0.0810. The molecule has 1 saturated heterocycles. The molecular formula is C15H21BrO4. The molecule has 1 heterocycles. The monoisotopic (exact) mass is 344 g/mol.